The quantitative estimate of drug-likeness (QED) is 0.508. The average molecular weight is 336 g/mol. The molecule has 0 unspecified atom stereocenters. The molecule has 2 aromatic carbocycles. The summed E-state index contributed by atoms with van der Waals surface area (Å²) in [6.45, 7) is 4.47. The largest absolute Gasteiger partial charge is 0.490 e. The number of carbonyl (C=O) groups is 1. The van der Waals surface area contributed by atoms with Crippen LogP contribution in [0.5, 0.6) is 5.75 Å². The van der Waals surface area contributed by atoms with Gasteiger partial charge in [-0.15, -0.1) is 0 Å². The van der Waals surface area contributed by atoms with Crippen molar-refractivity contribution in [2.75, 3.05) is 13.2 Å². The number of carbonyl (C=O) groups excluding carboxylic acids is 1. The Hall–Kier alpha value is -3.08. The lowest BCUT2D eigenvalue weighted by atomic mass is 10.2. The molecule has 5 heteroatoms. The second-order valence-corrected chi connectivity index (χ2v) is 5.68. The SMILES string of the molecule is Cc1cc(C)n(-c2ccc(C(=O)OCCOc3ccccc3)cc2)n1. The maximum Gasteiger partial charge on any atom is 0.338 e. The fourth-order valence-electron chi connectivity index (χ4n) is 2.52. The van der Waals surface area contributed by atoms with Gasteiger partial charge in [-0.2, -0.15) is 5.10 Å². The van der Waals surface area contributed by atoms with E-state index < -0.39 is 0 Å². The second kappa shape index (κ2) is 7.66. The van der Waals surface area contributed by atoms with Gasteiger partial charge in [0.05, 0.1) is 16.9 Å². The standard InChI is InChI=1S/C20H20N2O3/c1-15-14-16(2)22(21-15)18-10-8-17(9-11-18)20(23)25-13-12-24-19-6-4-3-5-7-19/h3-11,14H,12-13H2,1-2H3. The van der Waals surface area contributed by atoms with Gasteiger partial charge in [-0.3, -0.25) is 0 Å². The van der Waals surface area contributed by atoms with E-state index in [1.807, 2.05) is 67.1 Å². The number of hydrogen-bond acceptors (Lipinski definition) is 4. The molecule has 0 aliphatic heterocycles. The van der Waals surface area contributed by atoms with Crippen LogP contribution >= 0.6 is 0 Å². The molecule has 0 saturated heterocycles. The highest BCUT2D eigenvalue weighted by molar-refractivity contribution is 5.89. The van der Waals surface area contributed by atoms with Crippen LogP contribution in [0.4, 0.5) is 0 Å². The van der Waals surface area contributed by atoms with Crippen molar-refractivity contribution in [3.05, 3.63) is 77.6 Å². The molecular weight excluding hydrogens is 316 g/mol. The third kappa shape index (κ3) is 4.26. The van der Waals surface area contributed by atoms with E-state index in [-0.39, 0.29) is 12.6 Å². The molecule has 1 aromatic heterocycles. The minimum atomic E-state index is -0.364. The van der Waals surface area contributed by atoms with Crippen LogP contribution in [0.1, 0.15) is 21.7 Å². The molecule has 128 valence electrons. The summed E-state index contributed by atoms with van der Waals surface area (Å²) in [7, 11) is 0. The number of nitrogens with zero attached hydrogens (tertiary/aromatic N) is 2. The van der Waals surface area contributed by atoms with Crippen molar-refractivity contribution in [2.45, 2.75) is 13.8 Å². The first-order valence-corrected chi connectivity index (χ1v) is 8.12. The van der Waals surface area contributed by atoms with Gasteiger partial charge in [-0.25, -0.2) is 9.48 Å². The topological polar surface area (TPSA) is 53.4 Å². The highest BCUT2D eigenvalue weighted by Gasteiger charge is 2.09. The summed E-state index contributed by atoms with van der Waals surface area (Å²) < 4.78 is 12.6. The predicted molar refractivity (Wildman–Crippen MR) is 95.3 cm³/mol. The maximum absolute atomic E-state index is 12.1. The summed E-state index contributed by atoms with van der Waals surface area (Å²) in [5, 5.41) is 4.43. The number of benzene rings is 2. The van der Waals surface area contributed by atoms with Crippen molar-refractivity contribution in [1.29, 1.82) is 0 Å². The van der Waals surface area contributed by atoms with E-state index in [1.165, 1.54) is 0 Å². The van der Waals surface area contributed by atoms with Crippen LogP contribution in [0.15, 0.2) is 60.7 Å². The number of esters is 1. The van der Waals surface area contributed by atoms with Crippen molar-refractivity contribution in [1.82, 2.24) is 9.78 Å². The van der Waals surface area contributed by atoms with Crippen molar-refractivity contribution in [2.24, 2.45) is 0 Å². The van der Waals surface area contributed by atoms with Gasteiger partial charge >= 0.3 is 5.97 Å². The van der Waals surface area contributed by atoms with Crippen LogP contribution in [0.25, 0.3) is 5.69 Å². The molecule has 25 heavy (non-hydrogen) atoms. The van der Waals surface area contributed by atoms with Crippen LogP contribution in [0, 0.1) is 13.8 Å². The van der Waals surface area contributed by atoms with E-state index in [2.05, 4.69) is 5.10 Å². The van der Waals surface area contributed by atoms with Gasteiger partial charge in [0.25, 0.3) is 0 Å². The third-order valence-corrected chi connectivity index (χ3v) is 3.69. The van der Waals surface area contributed by atoms with Crippen LogP contribution in [-0.2, 0) is 4.74 Å². The summed E-state index contributed by atoms with van der Waals surface area (Å²) >= 11 is 0. The monoisotopic (exact) mass is 336 g/mol. The number of aryl methyl sites for hydroxylation is 2. The molecule has 3 aromatic rings. The molecule has 0 atom stereocenters. The lowest BCUT2D eigenvalue weighted by Gasteiger charge is -2.08. The van der Waals surface area contributed by atoms with Gasteiger partial charge in [-0.05, 0) is 56.3 Å². The Morgan fingerprint density at radius 2 is 1.72 bits per heavy atom. The van der Waals surface area contributed by atoms with Gasteiger partial charge in [-0.1, -0.05) is 18.2 Å². The molecule has 5 nitrogen and oxygen atoms in total. The average Bonchev–Trinajstić information content (AvgIpc) is 2.98. The number of para-hydroxylation sites is 1. The van der Waals surface area contributed by atoms with E-state index in [9.17, 15) is 4.79 Å². The Balaban J connectivity index is 1.53. The van der Waals surface area contributed by atoms with Crippen molar-refractivity contribution < 1.29 is 14.3 Å². The Labute approximate surface area is 146 Å². The molecule has 1 heterocycles. The van der Waals surface area contributed by atoms with Gasteiger partial charge in [0.15, 0.2) is 0 Å². The zero-order valence-corrected chi connectivity index (χ0v) is 14.3. The Morgan fingerprint density at radius 3 is 2.36 bits per heavy atom. The van der Waals surface area contributed by atoms with E-state index in [1.54, 1.807) is 12.1 Å². The molecular formula is C20H20N2O3. The van der Waals surface area contributed by atoms with Crippen molar-refractivity contribution in [3.8, 4) is 11.4 Å². The second-order valence-electron chi connectivity index (χ2n) is 5.68. The number of hydrogen-bond donors (Lipinski definition) is 0. The summed E-state index contributed by atoms with van der Waals surface area (Å²) in [5.41, 5.74) is 3.42. The summed E-state index contributed by atoms with van der Waals surface area (Å²) in [4.78, 5) is 12.1. The maximum atomic E-state index is 12.1. The molecule has 0 radical (unpaired) electrons. The molecule has 0 aliphatic carbocycles. The fourth-order valence-corrected chi connectivity index (χ4v) is 2.52. The van der Waals surface area contributed by atoms with E-state index in [4.69, 9.17) is 9.47 Å². The highest BCUT2D eigenvalue weighted by atomic mass is 16.6. The number of aromatic nitrogens is 2. The van der Waals surface area contributed by atoms with Gasteiger partial charge in [0, 0.05) is 5.69 Å². The molecule has 0 bridgehead atoms. The van der Waals surface area contributed by atoms with Gasteiger partial charge in [0.2, 0.25) is 0 Å². The Kier molecular flexibility index (Phi) is 5.14. The van der Waals surface area contributed by atoms with Crippen LogP contribution in [-0.4, -0.2) is 29.0 Å². The van der Waals surface area contributed by atoms with Crippen molar-refractivity contribution in [3.63, 3.8) is 0 Å². The predicted octanol–water partition coefficient (Wildman–Crippen LogP) is 3.72. The highest BCUT2D eigenvalue weighted by Crippen LogP contribution is 2.14. The molecule has 0 spiro atoms. The number of rotatable bonds is 6. The smallest absolute Gasteiger partial charge is 0.338 e. The van der Waals surface area contributed by atoms with E-state index in [0.717, 1.165) is 22.8 Å². The minimum Gasteiger partial charge on any atom is -0.490 e. The molecule has 3 rings (SSSR count). The molecule has 0 amide bonds. The first-order valence-electron chi connectivity index (χ1n) is 8.12. The zero-order chi connectivity index (χ0) is 17.6. The normalized spacial score (nSPS) is 10.5. The third-order valence-electron chi connectivity index (χ3n) is 3.69. The fraction of sp³-hybridized carbons (Fsp3) is 0.200. The summed E-state index contributed by atoms with van der Waals surface area (Å²) in [5.74, 6) is 0.393. The van der Waals surface area contributed by atoms with E-state index >= 15 is 0 Å². The van der Waals surface area contributed by atoms with Crippen molar-refractivity contribution >= 4 is 5.97 Å². The lowest BCUT2D eigenvalue weighted by molar-refractivity contribution is 0.0450. The molecule has 0 fully saturated rings. The number of ether oxygens (including phenoxy) is 2. The Morgan fingerprint density at radius 1 is 1.00 bits per heavy atom. The first-order chi connectivity index (χ1) is 12.1. The van der Waals surface area contributed by atoms with Crippen LogP contribution < -0.4 is 4.74 Å². The van der Waals surface area contributed by atoms with Gasteiger partial charge in [0.1, 0.15) is 19.0 Å². The Bertz CT molecular complexity index is 839. The molecule has 0 aliphatic rings. The summed E-state index contributed by atoms with van der Waals surface area (Å²) in [6, 6.07) is 18.6. The van der Waals surface area contributed by atoms with Crippen LogP contribution in [0.2, 0.25) is 0 Å². The zero-order valence-electron chi connectivity index (χ0n) is 14.3. The van der Waals surface area contributed by atoms with Gasteiger partial charge < -0.3 is 9.47 Å². The first kappa shape index (κ1) is 16.8. The minimum absolute atomic E-state index is 0.201. The molecule has 0 N–H and O–H groups in total. The van der Waals surface area contributed by atoms with E-state index in [0.29, 0.717) is 12.2 Å². The summed E-state index contributed by atoms with van der Waals surface area (Å²) in [6.07, 6.45) is 0. The van der Waals surface area contributed by atoms with Crippen LogP contribution in [0.3, 0.4) is 0 Å². The molecule has 0 saturated carbocycles. The lowest BCUT2D eigenvalue weighted by Crippen LogP contribution is -2.12.